The normalized spacial score (nSPS) is 17.0. The molecule has 6 heteroatoms. The first-order chi connectivity index (χ1) is 10.7. The van der Waals surface area contributed by atoms with E-state index in [0.717, 1.165) is 24.4 Å². The van der Waals surface area contributed by atoms with Crippen LogP contribution < -0.4 is 10.6 Å². The van der Waals surface area contributed by atoms with Gasteiger partial charge in [-0.25, -0.2) is 4.39 Å². The largest absolute Gasteiger partial charge is 0.381 e. The van der Waals surface area contributed by atoms with Crippen LogP contribution in [0.3, 0.4) is 0 Å². The number of nitrogens with zero attached hydrogens (tertiary/aromatic N) is 1. The van der Waals surface area contributed by atoms with Crippen molar-refractivity contribution in [2.45, 2.75) is 18.3 Å². The van der Waals surface area contributed by atoms with E-state index in [-0.39, 0.29) is 35.2 Å². The Morgan fingerprint density at radius 3 is 2.74 bits per heavy atom. The molecular formula is C17H25FIN3O. The lowest BCUT2D eigenvalue weighted by Gasteiger charge is -2.38. The summed E-state index contributed by atoms with van der Waals surface area (Å²) in [4.78, 5) is 4.19. The van der Waals surface area contributed by atoms with Gasteiger partial charge in [-0.2, -0.15) is 0 Å². The van der Waals surface area contributed by atoms with Crippen molar-refractivity contribution in [2.75, 3.05) is 33.4 Å². The summed E-state index contributed by atoms with van der Waals surface area (Å²) < 4.78 is 19.1. The van der Waals surface area contributed by atoms with E-state index in [1.807, 2.05) is 6.07 Å². The van der Waals surface area contributed by atoms with E-state index >= 15 is 0 Å². The average molecular weight is 433 g/mol. The summed E-state index contributed by atoms with van der Waals surface area (Å²) in [6, 6.07) is 6.88. The molecule has 23 heavy (non-hydrogen) atoms. The maximum atomic E-state index is 13.6. The summed E-state index contributed by atoms with van der Waals surface area (Å²) in [6.45, 7) is 6.41. The highest BCUT2D eigenvalue weighted by molar-refractivity contribution is 14.0. The lowest BCUT2D eigenvalue weighted by atomic mass is 9.74. The minimum atomic E-state index is -0.197. The molecule has 0 amide bonds. The van der Waals surface area contributed by atoms with Crippen molar-refractivity contribution in [1.29, 1.82) is 0 Å². The van der Waals surface area contributed by atoms with Gasteiger partial charge in [-0.15, -0.1) is 30.6 Å². The van der Waals surface area contributed by atoms with E-state index in [0.29, 0.717) is 26.3 Å². The van der Waals surface area contributed by atoms with Crippen LogP contribution in [0.4, 0.5) is 4.39 Å². The van der Waals surface area contributed by atoms with Crippen molar-refractivity contribution >= 4 is 29.9 Å². The third-order valence-electron chi connectivity index (χ3n) is 4.12. The topological polar surface area (TPSA) is 45.7 Å². The predicted molar refractivity (Wildman–Crippen MR) is 103 cm³/mol. The first kappa shape index (κ1) is 19.9. The Hall–Kier alpha value is -1.15. The van der Waals surface area contributed by atoms with Gasteiger partial charge in [0.15, 0.2) is 5.96 Å². The summed E-state index contributed by atoms with van der Waals surface area (Å²) >= 11 is 0. The molecule has 2 rings (SSSR count). The molecule has 0 radical (unpaired) electrons. The molecule has 0 saturated carbocycles. The molecule has 1 aliphatic heterocycles. The molecule has 0 atom stereocenters. The van der Waals surface area contributed by atoms with Crippen molar-refractivity contribution < 1.29 is 9.13 Å². The summed E-state index contributed by atoms with van der Waals surface area (Å²) in [5, 5.41) is 6.50. The second-order valence-corrected chi connectivity index (χ2v) is 5.50. The number of halogens is 2. The maximum absolute atomic E-state index is 13.6. The number of nitrogens with one attached hydrogen (secondary N) is 2. The molecule has 1 aliphatic rings. The minimum Gasteiger partial charge on any atom is -0.381 e. The second-order valence-electron chi connectivity index (χ2n) is 5.50. The van der Waals surface area contributed by atoms with E-state index in [2.05, 4.69) is 22.2 Å². The van der Waals surface area contributed by atoms with Gasteiger partial charge >= 0.3 is 0 Å². The fraction of sp³-hybridized carbons (Fsp3) is 0.471. The fourth-order valence-corrected chi connectivity index (χ4v) is 2.79. The maximum Gasteiger partial charge on any atom is 0.191 e. The molecule has 1 aromatic carbocycles. The Balaban J connectivity index is 0.00000264. The van der Waals surface area contributed by atoms with E-state index in [4.69, 9.17) is 4.74 Å². The highest BCUT2D eigenvalue weighted by Gasteiger charge is 2.34. The van der Waals surface area contributed by atoms with Crippen molar-refractivity contribution in [3.63, 3.8) is 0 Å². The number of aliphatic imine (C=N–C) groups is 1. The molecule has 1 aromatic rings. The van der Waals surface area contributed by atoms with E-state index in [9.17, 15) is 4.39 Å². The van der Waals surface area contributed by atoms with Gasteiger partial charge < -0.3 is 15.4 Å². The average Bonchev–Trinajstić information content (AvgIpc) is 2.56. The zero-order valence-electron chi connectivity index (χ0n) is 13.5. The van der Waals surface area contributed by atoms with Crippen LogP contribution >= 0.6 is 24.0 Å². The number of benzene rings is 1. The van der Waals surface area contributed by atoms with Gasteiger partial charge in [-0.05, 0) is 30.5 Å². The molecule has 1 heterocycles. The first-order valence-corrected chi connectivity index (χ1v) is 7.59. The standard InChI is InChI=1S/C17H24FN3O.HI/c1-3-9-20-16(19-2)21-13-17(7-10-22-11-8-17)14-5-4-6-15(18)12-14;/h3-6,12H,1,7-11,13H2,2H3,(H2,19,20,21);1H. The molecule has 2 N–H and O–H groups in total. The monoisotopic (exact) mass is 433 g/mol. The fourth-order valence-electron chi connectivity index (χ4n) is 2.79. The lowest BCUT2D eigenvalue weighted by Crippen LogP contribution is -2.48. The Morgan fingerprint density at radius 2 is 2.13 bits per heavy atom. The van der Waals surface area contributed by atoms with Crippen molar-refractivity contribution in [3.05, 3.63) is 48.3 Å². The van der Waals surface area contributed by atoms with Crippen LogP contribution in [-0.2, 0) is 10.2 Å². The Morgan fingerprint density at radius 1 is 1.39 bits per heavy atom. The van der Waals surface area contributed by atoms with E-state index in [1.54, 1.807) is 25.3 Å². The molecule has 128 valence electrons. The van der Waals surface area contributed by atoms with Crippen molar-refractivity contribution in [1.82, 2.24) is 10.6 Å². The molecule has 1 fully saturated rings. The number of hydrogen-bond acceptors (Lipinski definition) is 2. The number of ether oxygens (including phenoxy) is 1. The quantitative estimate of drug-likeness (QED) is 0.325. The molecule has 0 unspecified atom stereocenters. The minimum absolute atomic E-state index is 0. The smallest absolute Gasteiger partial charge is 0.191 e. The van der Waals surface area contributed by atoms with Crippen LogP contribution in [0.5, 0.6) is 0 Å². The Labute approximate surface area is 154 Å². The highest BCUT2D eigenvalue weighted by atomic mass is 127. The van der Waals surface area contributed by atoms with Crippen molar-refractivity contribution in [3.8, 4) is 0 Å². The second kappa shape index (κ2) is 9.87. The van der Waals surface area contributed by atoms with Gasteiger partial charge in [-0.3, -0.25) is 4.99 Å². The summed E-state index contributed by atoms with van der Waals surface area (Å²) in [5.41, 5.74) is 0.883. The number of guanidine groups is 1. The number of hydrogen-bond donors (Lipinski definition) is 2. The van der Waals surface area contributed by atoms with Gasteiger partial charge in [0.05, 0.1) is 0 Å². The van der Waals surface area contributed by atoms with Crippen LogP contribution in [0.15, 0.2) is 41.9 Å². The van der Waals surface area contributed by atoms with Gasteiger partial charge in [0.1, 0.15) is 5.82 Å². The molecule has 0 spiro atoms. The molecule has 0 aromatic heterocycles. The Bertz CT molecular complexity index is 530. The third-order valence-corrected chi connectivity index (χ3v) is 4.12. The third kappa shape index (κ3) is 5.46. The summed E-state index contributed by atoms with van der Waals surface area (Å²) in [5.74, 6) is 0.528. The predicted octanol–water partition coefficient (Wildman–Crippen LogP) is 2.84. The molecule has 0 bridgehead atoms. The van der Waals surface area contributed by atoms with Gasteiger partial charge in [-0.1, -0.05) is 18.2 Å². The molecule has 0 aliphatic carbocycles. The van der Waals surface area contributed by atoms with Crippen LogP contribution in [-0.4, -0.2) is 39.3 Å². The zero-order valence-corrected chi connectivity index (χ0v) is 15.8. The van der Waals surface area contributed by atoms with Gasteiger partial charge in [0, 0.05) is 38.8 Å². The van der Waals surface area contributed by atoms with E-state index in [1.165, 1.54) is 6.07 Å². The SMILES string of the molecule is C=CCNC(=NC)NCC1(c2cccc(F)c2)CCOCC1.I. The van der Waals surface area contributed by atoms with Crippen LogP contribution in [0.1, 0.15) is 18.4 Å². The van der Waals surface area contributed by atoms with Crippen molar-refractivity contribution in [2.24, 2.45) is 4.99 Å². The molecular weight excluding hydrogens is 408 g/mol. The van der Waals surface area contributed by atoms with Gasteiger partial charge in [0.2, 0.25) is 0 Å². The molecule has 4 nitrogen and oxygen atoms in total. The van der Waals surface area contributed by atoms with Crippen LogP contribution in [0, 0.1) is 5.82 Å². The first-order valence-electron chi connectivity index (χ1n) is 7.59. The van der Waals surface area contributed by atoms with Crippen LogP contribution in [0.25, 0.3) is 0 Å². The van der Waals surface area contributed by atoms with E-state index < -0.39 is 0 Å². The summed E-state index contributed by atoms with van der Waals surface area (Å²) in [6.07, 6.45) is 3.51. The van der Waals surface area contributed by atoms with Gasteiger partial charge in [0.25, 0.3) is 0 Å². The highest BCUT2D eigenvalue weighted by Crippen LogP contribution is 2.34. The molecule has 1 saturated heterocycles. The Kier molecular flexibility index (Phi) is 8.54. The zero-order chi connectivity index (χ0) is 15.8. The van der Waals surface area contributed by atoms with Crippen LogP contribution in [0.2, 0.25) is 0 Å². The summed E-state index contributed by atoms with van der Waals surface area (Å²) in [7, 11) is 1.73. The lowest BCUT2D eigenvalue weighted by molar-refractivity contribution is 0.0513. The number of rotatable bonds is 5.